The minimum Gasteiger partial charge on any atom is -0.411 e. The first-order chi connectivity index (χ1) is 12.5. The fraction of sp³-hybridized carbons (Fsp3) is 0.312. The molecule has 0 saturated carbocycles. The van der Waals surface area contributed by atoms with E-state index in [0.717, 1.165) is 21.2 Å². The van der Waals surface area contributed by atoms with E-state index in [-0.39, 0.29) is 11.7 Å². The summed E-state index contributed by atoms with van der Waals surface area (Å²) in [4.78, 5) is 12.0. The average molecular weight is 408 g/mol. The first-order valence-corrected chi connectivity index (χ1v) is 10.6. The number of aromatic nitrogens is 4. The van der Waals surface area contributed by atoms with Crippen LogP contribution in [-0.2, 0) is 4.79 Å². The lowest BCUT2D eigenvalue weighted by Crippen LogP contribution is -2.13. The molecule has 0 fully saturated rings. The fourth-order valence-electron chi connectivity index (χ4n) is 1.98. The van der Waals surface area contributed by atoms with Crippen LogP contribution in [0.2, 0.25) is 0 Å². The van der Waals surface area contributed by atoms with Gasteiger partial charge in [-0.25, -0.2) is 0 Å². The van der Waals surface area contributed by atoms with Gasteiger partial charge in [0, 0.05) is 5.56 Å². The van der Waals surface area contributed by atoms with E-state index < -0.39 is 0 Å². The lowest BCUT2D eigenvalue weighted by molar-refractivity contribution is -0.113. The summed E-state index contributed by atoms with van der Waals surface area (Å²) >= 11 is 4.14. The van der Waals surface area contributed by atoms with Crippen LogP contribution in [0.5, 0.6) is 0 Å². The Morgan fingerprint density at radius 1 is 1.15 bits per heavy atom. The van der Waals surface area contributed by atoms with Crippen molar-refractivity contribution in [2.75, 3.05) is 16.8 Å². The SMILES string of the molecule is CCSc1nnc(NC(=O)CSc2nnc(-c3ccc(C)c(C)c3)o2)s1. The zero-order valence-electron chi connectivity index (χ0n) is 14.5. The van der Waals surface area contributed by atoms with Crippen LogP contribution in [0.1, 0.15) is 18.1 Å². The van der Waals surface area contributed by atoms with Crippen LogP contribution in [-0.4, -0.2) is 37.8 Å². The van der Waals surface area contributed by atoms with Gasteiger partial charge in [0.2, 0.25) is 16.9 Å². The Morgan fingerprint density at radius 2 is 2.00 bits per heavy atom. The lowest BCUT2D eigenvalue weighted by Gasteiger charge is -2.01. The number of hydrogen-bond acceptors (Lipinski definition) is 9. The Hall–Kier alpha value is -1.91. The molecular formula is C16H17N5O2S3. The molecule has 10 heteroatoms. The molecule has 0 aliphatic carbocycles. The van der Waals surface area contributed by atoms with Gasteiger partial charge in [0.1, 0.15) is 0 Å². The normalized spacial score (nSPS) is 10.9. The third kappa shape index (κ3) is 4.83. The Kier molecular flexibility index (Phi) is 6.28. The smallest absolute Gasteiger partial charge is 0.277 e. The quantitative estimate of drug-likeness (QED) is 0.463. The van der Waals surface area contributed by atoms with Crippen LogP contribution in [0.4, 0.5) is 5.13 Å². The van der Waals surface area contributed by atoms with Gasteiger partial charge in [-0.05, 0) is 42.9 Å². The molecule has 26 heavy (non-hydrogen) atoms. The molecule has 3 aromatic rings. The van der Waals surface area contributed by atoms with Crippen molar-refractivity contribution in [3.63, 3.8) is 0 Å². The summed E-state index contributed by atoms with van der Waals surface area (Å²) in [6.45, 7) is 6.12. The highest BCUT2D eigenvalue weighted by molar-refractivity contribution is 8.01. The molecule has 0 aliphatic heterocycles. The molecule has 2 aromatic heterocycles. The molecule has 7 nitrogen and oxygen atoms in total. The van der Waals surface area contributed by atoms with Gasteiger partial charge in [-0.1, -0.05) is 47.9 Å². The summed E-state index contributed by atoms with van der Waals surface area (Å²) in [6.07, 6.45) is 0. The zero-order chi connectivity index (χ0) is 18.5. The van der Waals surface area contributed by atoms with Crippen molar-refractivity contribution in [3.05, 3.63) is 29.3 Å². The maximum Gasteiger partial charge on any atom is 0.277 e. The van der Waals surface area contributed by atoms with Gasteiger partial charge < -0.3 is 4.42 Å². The van der Waals surface area contributed by atoms with Gasteiger partial charge in [-0.3, -0.25) is 10.1 Å². The van der Waals surface area contributed by atoms with E-state index >= 15 is 0 Å². The minimum absolute atomic E-state index is 0.157. The van der Waals surface area contributed by atoms with E-state index in [1.165, 1.54) is 28.7 Å². The molecule has 0 aliphatic rings. The number of amides is 1. The van der Waals surface area contributed by atoms with E-state index in [1.54, 1.807) is 11.8 Å². The molecule has 2 heterocycles. The molecule has 0 radical (unpaired) electrons. The van der Waals surface area contributed by atoms with Crippen molar-refractivity contribution in [1.82, 2.24) is 20.4 Å². The Labute approximate surface area is 163 Å². The maximum absolute atomic E-state index is 12.0. The topological polar surface area (TPSA) is 93.8 Å². The number of hydrogen-bond donors (Lipinski definition) is 1. The number of benzene rings is 1. The molecule has 136 valence electrons. The Bertz CT molecular complexity index is 909. The third-order valence-electron chi connectivity index (χ3n) is 3.41. The van der Waals surface area contributed by atoms with E-state index in [9.17, 15) is 4.79 Å². The largest absolute Gasteiger partial charge is 0.411 e. The van der Waals surface area contributed by atoms with Gasteiger partial charge in [0.25, 0.3) is 5.22 Å². The summed E-state index contributed by atoms with van der Waals surface area (Å²) in [5.74, 6) is 1.33. The second kappa shape index (κ2) is 8.65. The van der Waals surface area contributed by atoms with Crippen LogP contribution in [0.15, 0.2) is 32.2 Å². The standard InChI is InChI=1S/C16H17N5O2S3/c1-4-24-16-21-19-14(26-16)17-12(22)8-25-15-20-18-13(23-15)11-6-5-9(2)10(3)7-11/h5-7H,4,8H2,1-3H3,(H,17,19,22). The van der Waals surface area contributed by atoms with Gasteiger partial charge in [0.05, 0.1) is 5.75 Å². The third-order valence-corrected chi connectivity index (χ3v) is 6.08. The summed E-state index contributed by atoms with van der Waals surface area (Å²) in [5, 5.41) is 19.6. The first-order valence-electron chi connectivity index (χ1n) is 7.85. The fourth-order valence-corrected chi connectivity index (χ4v) is 4.21. The van der Waals surface area contributed by atoms with Gasteiger partial charge in [0.15, 0.2) is 4.34 Å². The van der Waals surface area contributed by atoms with E-state index in [0.29, 0.717) is 16.2 Å². The number of carbonyl (C=O) groups is 1. The van der Waals surface area contributed by atoms with Crippen LogP contribution in [0, 0.1) is 13.8 Å². The van der Waals surface area contributed by atoms with Crippen LogP contribution in [0.3, 0.4) is 0 Å². The van der Waals surface area contributed by atoms with Gasteiger partial charge in [-0.15, -0.1) is 20.4 Å². The highest BCUT2D eigenvalue weighted by Crippen LogP contribution is 2.26. The number of thioether (sulfide) groups is 2. The van der Waals surface area contributed by atoms with E-state index in [1.807, 2.05) is 32.0 Å². The highest BCUT2D eigenvalue weighted by atomic mass is 32.2. The van der Waals surface area contributed by atoms with Crippen LogP contribution < -0.4 is 5.32 Å². The molecular weight excluding hydrogens is 390 g/mol. The molecule has 0 atom stereocenters. The second-order valence-electron chi connectivity index (χ2n) is 5.32. The van der Waals surface area contributed by atoms with E-state index in [4.69, 9.17) is 4.42 Å². The summed E-state index contributed by atoms with van der Waals surface area (Å²) in [7, 11) is 0. The van der Waals surface area contributed by atoms with Crippen LogP contribution >= 0.6 is 34.9 Å². The number of nitrogens with one attached hydrogen (secondary N) is 1. The zero-order valence-corrected chi connectivity index (χ0v) is 16.9. The van der Waals surface area contributed by atoms with Crippen molar-refractivity contribution >= 4 is 45.9 Å². The number of nitrogens with zero attached hydrogens (tertiary/aromatic N) is 4. The summed E-state index contributed by atoms with van der Waals surface area (Å²) in [6, 6.07) is 5.96. The molecule has 0 unspecified atom stereocenters. The second-order valence-corrected chi connectivity index (χ2v) is 8.73. The van der Waals surface area contributed by atoms with Gasteiger partial charge >= 0.3 is 0 Å². The molecule has 0 spiro atoms. The number of carbonyl (C=O) groups excluding carboxylic acids is 1. The molecule has 1 amide bonds. The number of aryl methyl sites for hydroxylation is 2. The minimum atomic E-state index is -0.190. The number of rotatable bonds is 7. The first kappa shape index (κ1) is 18.9. The monoisotopic (exact) mass is 407 g/mol. The van der Waals surface area contributed by atoms with Crippen molar-refractivity contribution in [1.29, 1.82) is 0 Å². The lowest BCUT2D eigenvalue weighted by atomic mass is 10.1. The highest BCUT2D eigenvalue weighted by Gasteiger charge is 2.13. The molecule has 0 bridgehead atoms. The molecule has 3 rings (SSSR count). The van der Waals surface area contributed by atoms with Crippen molar-refractivity contribution in [2.24, 2.45) is 0 Å². The predicted octanol–water partition coefficient (Wildman–Crippen LogP) is 4.05. The number of anilines is 1. The summed E-state index contributed by atoms with van der Waals surface area (Å²) < 4.78 is 6.47. The molecule has 0 saturated heterocycles. The van der Waals surface area contributed by atoms with Crippen molar-refractivity contribution in [3.8, 4) is 11.5 Å². The van der Waals surface area contributed by atoms with Gasteiger partial charge in [-0.2, -0.15) is 0 Å². The van der Waals surface area contributed by atoms with Crippen molar-refractivity contribution in [2.45, 2.75) is 30.3 Å². The maximum atomic E-state index is 12.0. The average Bonchev–Trinajstić information content (AvgIpc) is 3.25. The molecule has 1 aromatic carbocycles. The Balaban J connectivity index is 1.55. The van der Waals surface area contributed by atoms with E-state index in [2.05, 4.69) is 32.6 Å². The Morgan fingerprint density at radius 3 is 2.77 bits per heavy atom. The van der Waals surface area contributed by atoms with Crippen LogP contribution in [0.25, 0.3) is 11.5 Å². The molecule has 1 N–H and O–H groups in total. The summed E-state index contributed by atoms with van der Waals surface area (Å²) in [5.41, 5.74) is 3.23. The predicted molar refractivity (Wildman–Crippen MR) is 105 cm³/mol. The van der Waals surface area contributed by atoms with Crippen molar-refractivity contribution < 1.29 is 9.21 Å².